The van der Waals surface area contributed by atoms with Gasteiger partial charge >= 0.3 is 5.97 Å². The zero-order valence-corrected chi connectivity index (χ0v) is 19.2. The van der Waals surface area contributed by atoms with Crippen LogP contribution in [0.4, 0.5) is 0 Å². The van der Waals surface area contributed by atoms with Gasteiger partial charge in [-0.1, -0.05) is 0 Å². The number of hydrogen-bond donors (Lipinski definition) is 0. The average Bonchev–Trinajstić information content (AvgIpc) is 3.51. The number of carbonyl (C=O) groups excluding carboxylic acids is 2. The second kappa shape index (κ2) is 9.02. The minimum absolute atomic E-state index is 0.0624. The van der Waals surface area contributed by atoms with E-state index in [9.17, 15) is 9.59 Å². The summed E-state index contributed by atoms with van der Waals surface area (Å²) in [5.74, 6) is -0.164. The largest absolute Gasteiger partial charge is 0.469 e. The lowest BCUT2D eigenvalue weighted by Crippen LogP contribution is -2.31. The van der Waals surface area contributed by atoms with Crippen LogP contribution in [0.5, 0.6) is 0 Å². The topological polar surface area (TPSA) is 69.4 Å². The van der Waals surface area contributed by atoms with Crippen molar-refractivity contribution in [2.45, 2.75) is 45.6 Å². The molecule has 1 saturated heterocycles. The van der Waals surface area contributed by atoms with Crippen LogP contribution in [-0.4, -0.2) is 44.8 Å². The van der Waals surface area contributed by atoms with E-state index >= 15 is 0 Å². The lowest BCUT2D eigenvalue weighted by atomic mass is 10.1. The van der Waals surface area contributed by atoms with E-state index in [0.29, 0.717) is 18.4 Å². The van der Waals surface area contributed by atoms with Crippen molar-refractivity contribution in [1.29, 1.82) is 0 Å². The number of carbonyl (C=O) groups is 2. The summed E-state index contributed by atoms with van der Waals surface area (Å²) in [5, 5.41) is 4.66. The fourth-order valence-corrected chi connectivity index (χ4v) is 4.67. The highest BCUT2D eigenvalue weighted by molar-refractivity contribution is 5.94. The summed E-state index contributed by atoms with van der Waals surface area (Å²) < 4.78 is 8.73. The number of ether oxygens (including phenoxy) is 1. The first-order valence-electron chi connectivity index (χ1n) is 11.0. The highest BCUT2D eigenvalue weighted by Gasteiger charge is 2.31. The van der Waals surface area contributed by atoms with E-state index < -0.39 is 0 Å². The summed E-state index contributed by atoms with van der Waals surface area (Å²) in [6.07, 6.45) is 4.95. The summed E-state index contributed by atoms with van der Waals surface area (Å²) in [5.41, 5.74) is 5.70. The zero-order chi connectivity index (χ0) is 22.8. The lowest BCUT2D eigenvalue weighted by molar-refractivity contribution is -0.140. The van der Waals surface area contributed by atoms with Crippen LogP contribution in [-0.2, 0) is 23.0 Å². The first kappa shape index (κ1) is 21.9. The second-order valence-electron chi connectivity index (χ2n) is 8.38. The summed E-state index contributed by atoms with van der Waals surface area (Å²) >= 11 is 0. The monoisotopic (exact) mass is 434 g/mol. The Hall–Kier alpha value is -3.35. The van der Waals surface area contributed by atoms with Gasteiger partial charge in [-0.3, -0.25) is 9.59 Å². The zero-order valence-electron chi connectivity index (χ0n) is 19.2. The van der Waals surface area contributed by atoms with Gasteiger partial charge in [0, 0.05) is 43.2 Å². The highest BCUT2D eigenvalue weighted by atomic mass is 16.5. The Morgan fingerprint density at radius 2 is 1.91 bits per heavy atom. The van der Waals surface area contributed by atoms with Gasteiger partial charge in [0.2, 0.25) is 0 Å². The van der Waals surface area contributed by atoms with Crippen LogP contribution in [0.25, 0.3) is 5.69 Å². The molecular weight excluding hydrogens is 404 g/mol. The molecule has 2 aromatic heterocycles. The number of aryl methyl sites for hydroxylation is 2. The molecule has 1 unspecified atom stereocenters. The number of benzene rings is 1. The van der Waals surface area contributed by atoms with Gasteiger partial charge in [0.1, 0.15) is 0 Å². The number of nitrogens with zero attached hydrogens (tertiary/aromatic N) is 4. The maximum atomic E-state index is 13.3. The molecule has 1 amide bonds. The molecule has 1 fully saturated rings. The Kier molecular flexibility index (Phi) is 6.17. The third-order valence-electron chi connectivity index (χ3n) is 6.45. The predicted molar refractivity (Wildman–Crippen MR) is 122 cm³/mol. The van der Waals surface area contributed by atoms with Crippen molar-refractivity contribution in [2.75, 3.05) is 13.7 Å². The summed E-state index contributed by atoms with van der Waals surface area (Å²) in [4.78, 5) is 26.8. The molecule has 0 aliphatic carbocycles. The van der Waals surface area contributed by atoms with Crippen molar-refractivity contribution in [3.63, 3.8) is 0 Å². The fourth-order valence-electron chi connectivity index (χ4n) is 4.67. The molecule has 1 aliphatic heterocycles. The molecule has 0 saturated carbocycles. The van der Waals surface area contributed by atoms with Crippen molar-refractivity contribution in [1.82, 2.24) is 19.2 Å². The SMILES string of the molecule is COC(=O)CCc1c(C)nn(-c2ccc(C(=O)N3CCCC3c3cccn3C)cc2)c1C. The Bertz CT molecular complexity index is 1130. The molecule has 7 nitrogen and oxygen atoms in total. The Balaban J connectivity index is 1.53. The molecule has 1 aliphatic rings. The van der Waals surface area contributed by atoms with Crippen molar-refractivity contribution in [3.8, 4) is 5.69 Å². The average molecular weight is 435 g/mol. The summed E-state index contributed by atoms with van der Waals surface area (Å²) in [6, 6.07) is 11.9. The summed E-state index contributed by atoms with van der Waals surface area (Å²) in [7, 11) is 3.43. The van der Waals surface area contributed by atoms with E-state index in [2.05, 4.69) is 15.7 Å². The van der Waals surface area contributed by atoms with E-state index in [1.165, 1.54) is 12.8 Å². The molecular formula is C25H30N4O3. The van der Waals surface area contributed by atoms with Gasteiger partial charge in [-0.15, -0.1) is 0 Å². The van der Waals surface area contributed by atoms with Crippen molar-refractivity contribution in [3.05, 3.63) is 70.8 Å². The molecule has 0 spiro atoms. The molecule has 3 heterocycles. The first-order valence-corrected chi connectivity index (χ1v) is 11.0. The van der Waals surface area contributed by atoms with Crippen molar-refractivity contribution in [2.24, 2.45) is 7.05 Å². The third-order valence-corrected chi connectivity index (χ3v) is 6.45. The molecule has 0 radical (unpaired) electrons. The molecule has 1 aromatic carbocycles. The van der Waals surface area contributed by atoms with Crippen LogP contribution in [0.3, 0.4) is 0 Å². The van der Waals surface area contributed by atoms with Crippen LogP contribution in [0.15, 0.2) is 42.6 Å². The number of rotatable bonds is 6. The van der Waals surface area contributed by atoms with E-state index in [1.807, 2.05) is 67.0 Å². The maximum absolute atomic E-state index is 13.3. The minimum atomic E-state index is -0.227. The number of likely N-dealkylation sites (tertiary alicyclic amines) is 1. The van der Waals surface area contributed by atoms with Gasteiger partial charge in [-0.2, -0.15) is 5.10 Å². The molecule has 4 rings (SSSR count). The number of methoxy groups -OCH3 is 1. The van der Waals surface area contributed by atoms with Crippen LogP contribution in [0.1, 0.15) is 58.3 Å². The fraction of sp³-hybridized carbons (Fsp3) is 0.400. The Morgan fingerprint density at radius 3 is 2.56 bits per heavy atom. The molecule has 0 bridgehead atoms. The predicted octanol–water partition coefficient (Wildman–Crippen LogP) is 3.91. The molecule has 3 aromatic rings. The smallest absolute Gasteiger partial charge is 0.305 e. The number of aromatic nitrogens is 3. The van der Waals surface area contributed by atoms with E-state index in [4.69, 9.17) is 4.74 Å². The molecule has 7 heteroatoms. The number of esters is 1. The maximum Gasteiger partial charge on any atom is 0.305 e. The summed E-state index contributed by atoms with van der Waals surface area (Å²) in [6.45, 7) is 4.73. The molecule has 1 atom stereocenters. The Morgan fingerprint density at radius 1 is 1.16 bits per heavy atom. The van der Waals surface area contributed by atoms with Gasteiger partial charge in [0.05, 0.1) is 24.5 Å². The van der Waals surface area contributed by atoms with Gasteiger partial charge < -0.3 is 14.2 Å². The Labute approximate surface area is 188 Å². The van der Waals surface area contributed by atoms with Crippen molar-refractivity contribution >= 4 is 11.9 Å². The molecule has 168 valence electrons. The highest BCUT2D eigenvalue weighted by Crippen LogP contribution is 2.33. The number of hydrogen-bond acceptors (Lipinski definition) is 4. The van der Waals surface area contributed by atoms with Crippen LogP contribution >= 0.6 is 0 Å². The van der Waals surface area contributed by atoms with Gasteiger partial charge in [-0.05, 0) is 75.1 Å². The van der Waals surface area contributed by atoms with E-state index in [0.717, 1.165) is 42.0 Å². The normalized spacial score (nSPS) is 15.9. The van der Waals surface area contributed by atoms with Crippen LogP contribution in [0.2, 0.25) is 0 Å². The van der Waals surface area contributed by atoms with Crippen LogP contribution in [0, 0.1) is 13.8 Å². The second-order valence-corrected chi connectivity index (χ2v) is 8.38. The van der Waals surface area contributed by atoms with E-state index in [1.54, 1.807) is 0 Å². The third kappa shape index (κ3) is 4.07. The standard InChI is InChI=1S/C25H30N4O3/c1-17-21(13-14-24(30)32-4)18(2)29(26-17)20-11-9-19(10-12-20)25(31)28-16-6-8-23(28)22-7-5-15-27(22)3/h5,7,9-12,15,23H,6,8,13-14,16H2,1-4H3. The van der Waals surface area contributed by atoms with Crippen LogP contribution < -0.4 is 0 Å². The first-order chi connectivity index (χ1) is 15.4. The van der Waals surface area contributed by atoms with Gasteiger partial charge in [-0.25, -0.2) is 4.68 Å². The molecule has 32 heavy (non-hydrogen) atoms. The minimum Gasteiger partial charge on any atom is -0.469 e. The van der Waals surface area contributed by atoms with E-state index in [-0.39, 0.29) is 17.9 Å². The van der Waals surface area contributed by atoms with Gasteiger partial charge in [0.15, 0.2) is 0 Å². The van der Waals surface area contributed by atoms with Gasteiger partial charge in [0.25, 0.3) is 5.91 Å². The number of amides is 1. The lowest BCUT2D eigenvalue weighted by Gasteiger charge is -2.25. The molecule has 0 N–H and O–H groups in total. The quantitative estimate of drug-likeness (QED) is 0.552. The van der Waals surface area contributed by atoms with Crippen molar-refractivity contribution < 1.29 is 14.3 Å².